The molecule has 0 spiro atoms. The Balaban J connectivity index is 1.75. The molecule has 4 nitrogen and oxygen atoms in total. The lowest BCUT2D eigenvalue weighted by molar-refractivity contribution is 0.394. The van der Waals surface area contributed by atoms with Crippen LogP contribution in [0.2, 0.25) is 0 Å². The van der Waals surface area contributed by atoms with Gasteiger partial charge in [-0.2, -0.15) is 5.10 Å². The summed E-state index contributed by atoms with van der Waals surface area (Å²) in [5.41, 5.74) is 3.34. The summed E-state index contributed by atoms with van der Waals surface area (Å²) in [5, 5.41) is 6.93. The molecule has 1 N–H and O–H groups in total. The van der Waals surface area contributed by atoms with Crippen LogP contribution in [0.3, 0.4) is 0 Å². The molecule has 0 unspecified atom stereocenters. The van der Waals surface area contributed by atoms with E-state index < -0.39 is 0 Å². The number of nitrogens with zero attached hydrogens (tertiary/aromatic N) is 3. The van der Waals surface area contributed by atoms with Crippen molar-refractivity contribution in [2.75, 3.05) is 20.1 Å². The van der Waals surface area contributed by atoms with E-state index in [0.717, 1.165) is 23.7 Å². The number of aromatic amines is 1. The molecule has 0 radical (unpaired) electrons. The SMILES string of the molecule is CN1CC[C@@H](Cc2ccnc(-c3ccn[nH]3)c2)C1. The number of hydrogen-bond donors (Lipinski definition) is 1. The Bertz CT molecular complexity index is 506. The molecule has 18 heavy (non-hydrogen) atoms. The molecule has 0 aliphatic carbocycles. The fourth-order valence-electron chi connectivity index (χ4n) is 2.67. The maximum absolute atomic E-state index is 4.39. The third kappa shape index (κ3) is 2.43. The summed E-state index contributed by atoms with van der Waals surface area (Å²) in [5.74, 6) is 0.784. The predicted molar refractivity (Wildman–Crippen MR) is 71.1 cm³/mol. The van der Waals surface area contributed by atoms with E-state index in [9.17, 15) is 0 Å². The minimum atomic E-state index is 0.784. The smallest absolute Gasteiger partial charge is 0.0883 e. The normalized spacial score (nSPS) is 20.4. The van der Waals surface area contributed by atoms with E-state index in [4.69, 9.17) is 0 Å². The van der Waals surface area contributed by atoms with Crippen molar-refractivity contribution < 1.29 is 0 Å². The monoisotopic (exact) mass is 242 g/mol. The van der Waals surface area contributed by atoms with Crippen LogP contribution in [-0.4, -0.2) is 40.2 Å². The van der Waals surface area contributed by atoms with Crippen molar-refractivity contribution in [3.05, 3.63) is 36.2 Å². The molecule has 0 bridgehead atoms. The highest BCUT2D eigenvalue weighted by molar-refractivity contribution is 5.53. The fourth-order valence-corrected chi connectivity index (χ4v) is 2.67. The van der Waals surface area contributed by atoms with Gasteiger partial charge in [-0.1, -0.05) is 0 Å². The summed E-state index contributed by atoms with van der Waals surface area (Å²) in [6.45, 7) is 2.44. The molecule has 1 atom stereocenters. The summed E-state index contributed by atoms with van der Waals surface area (Å²) >= 11 is 0. The standard InChI is InChI=1S/C14H18N4/c1-18-7-4-12(10-18)8-11-2-5-15-14(9-11)13-3-6-16-17-13/h2-3,5-6,9,12H,4,7-8,10H2,1H3,(H,16,17)/t12-/m0/s1. The summed E-state index contributed by atoms with van der Waals surface area (Å²) in [6.07, 6.45) is 6.10. The molecule has 0 saturated carbocycles. The summed E-state index contributed by atoms with van der Waals surface area (Å²) < 4.78 is 0. The van der Waals surface area contributed by atoms with Crippen molar-refractivity contribution in [1.82, 2.24) is 20.1 Å². The van der Waals surface area contributed by atoms with Crippen molar-refractivity contribution in [3.8, 4) is 11.4 Å². The van der Waals surface area contributed by atoms with Crippen LogP contribution in [0.1, 0.15) is 12.0 Å². The van der Waals surface area contributed by atoms with E-state index in [1.165, 1.54) is 25.1 Å². The van der Waals surface area contributed by atoms with Crippen LogP contribution in [0.4, 0.5) is 0 Å². The molecule has 94 valence electrons. The minimum Gasteiger partial charge on any atom is -0.306 e. The van der Waals surface area contributed by atoms with Gasteiger partial charge in [-0.05, 0) is 56.1 Å². The Labute approximate surface area is 107 Å². The van der Waals surface area contributed by atoms with E-state index >= 15 is 0 Å². The molecule has 2 aromatic rings. The minimum absolute atomic E-state index is 0.784. The van der Waals surface area contributed by atoms with E-state index in [-0.39, 0.29) is 0 Å². The van der Waals surface area contributed by atoms with E-state index in [0.29, 0.717) is 0 Å². The average Bonchev–Trinajstić information content (AvgIpc) is 3.01. The van der Waals surface area contributed by atoms with Crippen molar-refractivity contribution in [1.29, 1.82) is 0 Å². The van der Waals surface area contributed by atoms with Crippen LogP contribution in [0.25, 0.3) is 11.4 Å². The zero-order valence-corrected chi connectivity index (χ0v) is 10.6. The first kappa shape index (κ1) is 11.4. The zero-order valence-electron chi connectivity index (χ0n) is 10.6. The molecule has 2 aromatic heterocycles. The second-order valence-electron chi connectivity index (χ2n) is 5.14. The number of aromatic nitrogens is 3. The molecule has 1 saturated heterocycles. The molecule has 0 amide bonds. The van der Waals surface area contributed by atoms with Crippen LogP contribution >= 0.6 is 0 Å². The third-order valence-electron chi connectivity index (χ3n) is 3.61. The number of likely N-dealkylation sites (tertiary alicyclic amines) is 1. The van der Waals surface area contributed by atoms with Gasteiger partial charge in [0.05, 0.1) is 11.4 Å². The van der Waals surface area contributed by atoms with Crippen LogP contribution < -0.4 is 0 Å². The first-order valence-electron chi connectivity index (χ1n) is 6.44. The number of hydrogen-bond acceptors (Lipinski definition) is 3. The van der Waals surface area contributed by atoms with Gasteiger partial charge in [0, 0.05) is 18.9 Å². The topological polar surface area (TPSA) is 44.8 Å². The maximum Gasteiger partial charge on any atom is 0.0883 e. The molecular formula is C14H18N4. The second-order valence-corrected chi connectivity index (χ2v) is 5.14. The highest BCUT2D eigenvalue weighted by Crippen LogP contribution is 2.21. The number of nitrogens with one attached hydrogen (secondary N) is 1. The van der Waals surface area contributed by atoms with Crippen molar-refractivity contribution in [2.45, 2.75) is 12.8 Å². The lowest BCUT2D eigenvalue weighted by Crippen LogP contribution is -2.15. The maximum atomic E-state index is 4.39. The van der Waals surface area contributed by atoms with Gasteiger partial charge in [0.2, 0.25) is 0 Å². The molecule has 1 aliphatic rings. The highest BCUT2D eigenvalue weighted by Gasteiger charge is 2.19. The Hall–Kier alpha value is -1.68. The Morgan fingerprint density at radius 3 is 3.06 bits per heavy atom. The molecule has 3 heterocycles. The van der Waals surface area contributed by atoms with E-state index in [1.807, 2.05) is 12.3 Å². The fraction of sp³-hybridized carbons (Fsp3) is 0.429. The average molecular weight is 242 g/mol. The number of pyridine rings is 1. The van der Waals surface area contributed by atoms with Gasteiger partial charge in [0.1, 0.15) is 0 Å². The Morgan fingerprint density at radius 1 is 1.39 bits per heavy atom. The van der Waals surface area contributed by atoms with Crippen LogP contribution in [-0.2, 0) is 6.42 Å². The van der Waals surface area contributed by atoms with Crippen molar-refractivity contribution in [3.63, 3.8) is 0 Å². The molecule has 0 aromatic carbocycles. The van der Waals surface area contributed by atoms with Gasteiger partial charge < -0.3 is 4.90 Å². The lowest BCUT2D eigenvalue weighted by Gasteiger charge is -2.10. The number of rotatable bonds is 3. The van der Waals surface area contributed by atoms with E-state index in [2.05, 4.69) is 39.3 Å². The van der Waals surface area contributed by atoms with Gasteiger partial charge >= 0.3 is 0 Å². The van der Waals surface area contributed by atoms with Gasteiger partial charge in [-0.25, -0.2) is 0 Å². The number of H-pyrrole nitrogens is 1. The predicted octanol–water partition coefficient (Wildman–Crippen LogP) is 1.97. The highest BCUT2D eigenvalue weighted by atomic mass is 15.1. The first-order chi connectivity index (χ1) is 8.81. The van der Waals surface area contributed by atoms with Gasteiger partial charge in [0.25, 0.3) is 0 Å². The second kappa shape index (κ2) is 4.90. The van der Waals surface area contributed by atoms with Gasteiger partial charge in [-0.15, -0.1) is 0 Å². The molecule has 3 rings (SSSR count). The lowest BCUT2D eigenvalue weighted by atomic mass is 9.98. The van der Waals surface area contributed by atoms with Crippen molar-refractivity contribution in [2.24, 2.45) is 5.92 Å². The Kier molecular flexibility index (Phi) is 3.11. The zero-order chi connectivity index (χ0) is 12.4. The molecule has 1 fully saturated rings. The largest absolute Gasteiger partial charge is 0.306 e. The van der Waals surface area contributed by atoms with Gasteiger partial charge in [-0.3, -0.25) is 10.1 Å². The summed E-state index contributed by atoms with van der Waals surface area (Å²) in [4.78, 5) is 6.79. The summed E-state index contributed by atoms with van der Waals surface area (Å²) in [6, 6.07) is 6.25. The van der Waals surface area contributed by atoms with Crippen LogP contribution in [0.15, 0.2) is 30.6 Å². The van der Waals surface area contributed by atoms with E-state index in [1.54, 1.807) is 6.20 Å². The first-order valence-corrected chi connectivity index (χ1v) is 6.44. The molecular weight excluding hydrogens is 224 g/mol. The quantitative estimate of drug-likeness (QED) is 0.895. The van der Waals surface area contributed by atoms with Gasteiger partial charge in [0.15, 0.2) is 0 Å². The van der Waals surface area contributed by atoms with Crippen molar-refractivity contribution >= 4 is 0 Å². The molecule has 1 aliphatic heterocycles. The van der Waals surface area contributed by atoms with Crippen LogP contribution in [0, 0.1) is 5.92 Å². The Morgan fingerprint density at radius 2 is 2.33 bits per heavy atom. The third-order valence-corrected chi connectivity index (χ3v) is 3.61. The molecule has 4 heteroatoms. The van der Waals surface area contributed by atoms with Crippen LogP contribution in [0.5, 0.6) is 0 Å². The summed E-state index contributed by atoms with van der Waals surface area (Å²) in [7, 11) is 2.20.